The number of nitrogens with zero attached hydrogens (tertiary/aromatic N) is 1. The summed E-state index contributed by atoms with van der Waals surface area (Å²) in [5.41, 5.74) is 0.614. The molecule has 1 aromatic carbocycles. The van der Waals surface area contributed by atoms with E-state index in [0.29, 0.717) is 25.3 Å². The molecule has 4 nitrogen and oxygen atoms in total. The maximum atomic E-state index is 12.4. The molecule has 1 rings (SSSR count). The van der Waals surface area contributed by atoms with Gasteiger partial charge in [0.15, 0.2) is 0 Å². The summed E-state index contributed by atoms with van der Waals surface area (Å²) in [5.74, 6) is 0.673. The molecular formula is C16H25NO3. The molecule has 0 spiro atoms. The third-order valence-electron chi connectivity index (χ3n) is 2.99. The molecule has 0 fully saturated rings. The number of ether oxygens (including phenoxy) is 1. The van der Waals surface area contributed by atoms with Crippen LogP contribution >= 0.6 is 0 Å². The van der Waals surface area contributed by atoms with E-state index < -0.39 is 0 Å². The molecule has 0 aliphatic heterocycles. The number of carbonyl (C=O) groups excluding carboxylic acids is 1. The monoisotopic (exact) mass is 279 g/mol. The average molecular weight is 279 g/mol. The smallest absolute Gasteiger partial charge is 0.254 e. The number of unbranched alkanes of at least 4 members (excludes halogenated alkanes) is 1. The molecule has 1 N–H and O–H groups in total. The fourth-order valence-electron chi connectivity index (χ4n) is 1.91. The normalized spacial score (nSPS) is 10.3. The van der Waals surface area contributed by atoms with Crippen LogP contribution in [-0.2, 0) is 0 Å². The van der Waals surface area contributed by atoms with Gasteiger partial charge in [-0.2, -0.15) is 0 Å². The molecule has 0 aliphatic rings. The van der Waals surface area contributed by atoms with E-state index in [0.717, 1.165) is 25.0 Å². The van der Waals surface area contributed by atoms with Crippen molar-refractivity contribution in [1.82, 2.24) is 4.90 Å². The lowest BCUT2D eigenvalue weighted by molar-refractivity contribution is 0.0719. The van der Waals surface area contributed by atoms with Crippen LogP contribution in [0.15, 0.2) is 24.3 Å². The van der Waals surface area contributed by atoms with Crippen molar-refractivity contribution in [2.45, 2.75) is 33.1 Å². The van der Waals surface area contributed by atoms with Gasteiger partial charge in [0.1, 0.15) is 5.75 Å². The van der Waals surface area contributed by atoms with E-state index in [2.05, 4.69) is 6.92 Å². The zero-order chi connectivity index (χ0) is 14.8. The fraction of sp³-hybridized carbons (Fsp3) is 0.562. The van der Waals surface area contributed by atoms with Crippen LogP contribution in [0.3, 0.4) is 0 Å². The highest BCUT2D eigenvalue weighted by atomic mass is 16.5. The van der Waals surface area contributed by atoms with E-state index in [9.17, 15) is 4.79 Å². The van der Waals surface area contributed by atoms with Gasteiger partial charge < -0.3 is 14.7 Å². The number of hydrogen-bond acceptors (Lipinski definition) is 3. The van der Waals surface area contributed by atoms with Gasteiger partial charge in [-0.05, 0) is 31.0 Å². The van der Waals surface area contributed by atoms with Crippen molar-refractivity contribution in [3.05, 3.63) is 29.8 Å². The molecule has 0 radical (unpaired) electrons. The van der Waals surface area contributed by atoms with Crippen molar-refractivity contribution in [2.24, 2.45) is 0 Å². The van der Waals surface area contributed by atoms with Gasteiger partial charge in [-0.3, -0.25) is 4.79 Å². The lowest BCUT2D eigenvalue weighted by Crippen LogP contribution is -2.34. The summed E-state index contributed by atoms with van der Waals surface area (Å²) in [4.78, 5) is 14.1. The minimum absolute atomic E-state index is 0.0124. The van der Waals surface area contributed by atoms with Gasteiger partial charge in [-0.15, -0.1) is 0 Å². The van der Waals surface area contributed by atoms with E-state index in [-0.39, 0.29) is 12.5 Å². The first-order chi connectivity index (χ1) is 9.72. The summed E-state index contributed by atoms with van der Waals surface area (Å²) < 4.78 is 5.55. The summed E-state index contributed by atoms with van der Waals surface area (Å²) >= 11 is 0. The Labute approximate surface area is 121 Å². The van der Waals surface area contributed by atoms with Crippen molar-refractivity contribution in [1.29, 1.82) is 0 Å². The molecular weight excluding hydrogens is 254 g/mol. The van der Waals surface area contributed by atoms with Gasteiger partial charge in [0.25, 0.3) is 5.91 Å². The highest BCUT2D eigenvalue weighted by Crippen LogP contribution is 2.15. The van der Waals surface area contributed by atoms with Gasteiger partial charge in [0, 0.05) is 18.7 Å². The van der Waals surface area contributed by atoms with Crippen LogP contribution in [0.4, 0.5) is 0 Å². The Bertz CT molecular complexity index is 406. The summed E-state index contributed by atoms with van der Waals surface area (Å²) in [6.07, 6.45) is 2.90. The molecule has 0 heterocycles. The van der Waals surface area contributed by atoms with Crippen LogP contribution in [0.25, 0.3) is 0 Å². The molecule has 1 amide bonds. The van der Waals surface area contributed by atoms with Crippen molar-refractivity contribution >= 4 is 5.91 Å². The molecule has 20 heavy (non-hydrogen) atoms. The predicted molar refractivity (Wildman–Crippen MR) is 80.1 cm³/mol. The predicted octanol–water partition coefficient (Wildman–Crippen LogP) is 2.71. The second-order valence-corrected chi connectivity index (χ2v) is 4.75. The molecule has 0 aromatic heterocycles. The number of aliphatic hydroxyl groups is 1. The molecule has 112 valence electrons. The maximum absolute atomic E-state index is 12.4. The molecule has 4 heteroatoms. The summed E-state index contributed by atoms with van der Waals surface area (Å²) in [7, 11) is 0. The van der Waals surface area contributed by atoms with Crippen molar-refractivity contribution in [3.8, 4) is 5.75 Å². The second-order valence-electron chi connectivity index (χ2n) is 4.75. The Morgan fingerprint density at radius 2 is 2.05 bits per heavy atom. The summed E-state index contributed by atoms with van der Waals surface area (Å²) in [5, 5.41) is 9.08. The van der Waals surface area contributed by atoms with E-state index in [1.165, 1.54) is 0 Å². The minimum Gasteiger partial charge on any atom is -0.494 e. The molecule has 0 unspecified atom stereocenters. The molecule has 0 saturated carbocycles. The second kappa shape index (κ2) is 9.37. The molecule has 0 saturated heterocycles. The van der Waals surface area contributed by atoms with Crippen LogP contribution in [0, 0.1) is 0 Å². The first kappa shape index (κ1) is 16.5. The third-order valence-corrected chi connectivity index (χ3v) is 2.99. The summed E-state index contributed by atoms with van der Waals surface area (Å²) in [6.45, 7) is 5.81. The Hall–Kier alpha value is -1.55. The van der Waals surface area contributed by atoms with Crippen LogP contribution < -0.4 is 4.74 Å². The number of hydrogen-bond donors (Lipinski definition) is 1. The zero-order valence-corrected chi connectivity index (χ0v) is 12.5. The van der Waals surface area contributed by atoms with Crippen molar-refractivity contribution in [2.75, 3.05) is 26.3 Å². The fourth-order valence-corrected chi connectivity index (χ4v) is 1.91. The van der Waals surface area contributed by atoms with Gasteiger partial charge in [0.05, 0.1) is 13.2 Å². The molecule has 0 bridgehead atoms. The minimum atomic E-state index is -0.0468. The van der Waals surface area contributed by atoms with Gasteiger partial charge in [-0.1, -0.05) is 26.3 Å². The van der Waals surface area contributed by atoms with Crippen molar-refractivity contribution in [3.63, 3.8) is 0 Å². The third kappa shape index (κ3) is 5.21. The highest BCUT2D eigenvalue weighted by Gasteiger charge is 2.15. The maximum Gasteiger partial charge on any atom is 0.254 e. The molecule has 1 aromatic rings. The largest absolute Gasteiger partial charge is 0.494 e. The lowest BCUT2D eigenvalue weighted by Gasteiger charge is -2.21. The van der Waals surface area contributed by atoms with E-state index in [1.807, 2.05) is 19.1 Å². The topological polar surface area (TPSA) is 49.8 Å². The van der Waals surface area contributed by atoms with Crippen LogP contribution in [0.2, 0.25) is 0 Å². The van der Waals surface area contributed by atoms with Crippen LogP contribution in [-0.4, -0.2) is 42.2 Å². The number of rotatable bonds is 9. The molecule has 0 aliphatic carbocycles. The summed E-state index contributed by atoms with van der Waals surface area (Å²) in [6, 6.07) is 7.25. The number of carbonyl (C=O) groups is 1. The lowest BCUT2D eigenvalue weighted by atomic mass is 10.1. The van der Waals surface area contributed by atoms with Gasteiger partial charge >= 0.3 is 0 Å². The SMILES string of the molecule is CCCCN(CCO)C(=O)c1cccc(OCCC)c1. The first-order valence-electron chi connectivity index (χ1n) is 7.35. The van der Waals surface area contributed by atoms with Gasteiger partial charge in [0.2, 0.25) is 0 Å². The highest BCUT2D eigenvalue weighted by molar-refractivity contribution is 5.94. The van der Waals surface area contributed by atoms with Crippen LogP contribution in [0.1, 0.15) is 43.5 Å². The Balaban J connectivity index is 2.76. The van der Waals surface area contributed by atoms with E-state index >= 15 is 0 Å². The Morgan fingerprint density at radius 3 is 2.70 bits per heavy atom. The zero-order valence-electron chi connectivity index (χ0n) is 12.5. The number of amides is 1. The Kier molecular flexibility index (Phi) is 7.73. The van der Waals surface area contributed by atoms with Crippen LogP contribution in [0.5, 0.6) is 5.75 Å². The molecule has 0 atom stereocenters. The van der Waals surface area contributed by atoms with E-state index in [4.69, 9.17) is 9.84 Å². The number of benzene rings is 1. The standard InChI is InChI=1S/C16H25NO3/c1-3-5-9-17(10-11-18)16(19)14-7-6-8-15(13-14)20-12-4-2/h6-8,13,18H,3-5,9-12H2,1-2H3. The average Bonchev–Trinajstić information content (AvgIpc) is 2.49. The van der Waals surface area contributed by atoms with Crippen molar-refractivity contribution < 1.29 is 14.6 Å². The van der Waals surface area contributed by atoms with E-state index in [1.54, 1.807) is 17.0 Å². The number of aliphatic hydroxyl groups excluding tert-OH is 1. The van der Waals surface area contributed by atoms with Gasteiger partial charge in [-0.25, -0.2) is 0 Å². The Morgan fingerprint density at radius 1 is 1.25 bits per heavy atom. The quantitative estimate of drug-likeness (QED) is 0.756. The first-order valence-corrected chi connectivity index (χ1v) is 7.35.